The minimum atomic E-state index is 0.308. The van der Waals surface area contributed by atoms with Gasteiger partial charge in [-0.15, -0.1) is 0 Å². The number of aryl methyl sites for hydroxylation is 1. The molecule has 0 aliphatic rings. The molecule has 0 aliphatic heterocycles. The first-order valence-corrected chi connectivity index (χ1v) is 6.62. The fraction of sp³-hybridized carbons (Fsp3) is 0.438. The maximum Gasteiger partial charge on any atom is 0.208 e. The number of hydrogen-bond donors (Lipinski definition) is 0. The van der Waals surface area contributed by atoms with Crippen LogP contribution in [-0.2, 0) is 6.42 Å². The lowest BCUT2D eigenvalue weighted by Crippen LogP contribution is -1.90. The van der Waals surface area contributed by atoms with Crippen LogP contribution in [0.2, 0.25) is 0 Å². The Hall–Kier alpha value is -1.75. The Morgan fingerprint density at radius 3 is 2.72 bits per heavy atom. The van der Waals surface area contributed by atoms with Crippen molar-refractivity contribution in [2.24, 2.45) is 0 Å². The van der Waals surface area contributed by atoms with E-state index in [4.69, 9.17) is 9.68 Å². The summed E-state index contributed by atoms with van der Waals surface area (Å²) >= 11 is 0. The Labute approximate surface area is 108 Å². The van der Waals surface area contributed by atoms with E-state index >= 15 is 0 Å². The quantitative estimate of drug-likeness (QED) is 0.773. The summed E-state index contributed by atoms with van der Waals surface area (Å²) in [6, 6.07) is 8.44. The average Bonchev–Trinajstić information content (AvgIpc) is 2.73. The number of unbranched alkanes of at least 4 members (excludes halogenated alkanes) is 1. The van der Waals surface area contributed by atoms with Gasteiger partial charge in [0.25, 0.3) is 0 Å². The molecule has 0 fully saturated rings. The highest BCUT2D eigenvalue weighted by atomic mass is 16.3. The Morgan fingerprint density at radius 2 is 2.11 bits per heavy atom. The summed E-state index contributed by atoms with van der Waals surface area (Å²) < 4.78 is 5.61. The number of furan rings is 1. The van der Waals surface area contributed by atoms with Crippen molar-refractivity contribution in [3.8, 4) is 6.07 Å². The molecule has 2 nitrogen and oxygen atoms in total. The predicted octanol–water partition coefficient (Wildman–Crippen LogP) is 4.77. The van der Waals surface area contributed by atoms with Crippen molar-refractivity contribution in [2.75, 3.05) is 0 Å². The van der Waals surface area contributed by atoms with Gasteiger partial charge in [0.15, 0.2) is 0 Å². The predicted molar refractivity (Wildman–Crippen MR) is 73.6 cm³/mol. The highest BCUT2D eigenvalue weighted by Gasteiger charge is 2.16. The van der Waals surface area contributed by atoms with Crippen molar-refractivity contribution in [1.82, 2.24) is 0 Å². The maximum absolute atomic E-state index is 9.14. The Balaban J connectivity index is 2.53. The van der Waals surface area contributed by atoms with Crippen LogP contribution in [0.15, 0.2) is 22.6 Å². The van der Waals surface area contributed by atoms with E-state index in [1.54, 1.807) is 0 Å². The van der Waals surface area contributed by atoms with Gasteiger partial charge in [0, 0.05) is 10.9 Å². The normalized spacial score (nSPS) is 11.1. The van der Waals surface area contributed by atoms with E-state index < -0.39 is 0 Å². The molecule has 0 radical (unpaired) electrons. The average molecular weight is 241 g/mol. The molecular weight excluding hydrogens is 222 g/mol. The number of nitrogens with zero attached hydrogens (tertiary/aromatic N) is 1. The Kier molecular flexibility index (Phi) is 3.72. The lowest BCUT2D eigenvalue weighted by atomic mass is 9.97. The van der Waals surface area contributed by atoms with Crippen LogP contribution in [0.1, 0.15) is 56.4 Å². The van der Waals surface area contributed by atoms with Gasteiger partial charge in [-0.25, -0.2) is 0 Å². The highest BCUT2D eigenvalue weighted by molar-refractivity contribution is 5.84. The fourth-order valence-electron chi connectivity index (χ4n) is 2.36. The zero-order valence-corrected chi connectivity index (χ0v) is 11.3. The van der Waals surface area contributed by atoms with Crippen molar-refractivity contribution in [2.45, 2.75) is 46.0 Å². The topological polar surface area (TPSA) is 36.9 Å². The number of hydrogen-bond acceptors (Lipinski definition) is 2. The molecule has 0 atom stereocenters. The van der Waals surface area contributed by atoms with Crippen LogP contribution in [0.3, 0.4) is 0 Å². The SMILES string of the molecule is CCCCc1ccc2oc(C#N)c(C(C)C)c2c1. The zero-order valence-electron chi connectivity index (χ0n) is 11.3. The Morgan fingerprint density at radius 1 is 1.33 bits per heavy atom. The van der Waals surface area contributed by atoms with E-state index in [0.717, 1.165) is 23.0 Å². The maximum atomic E-state index is 9.14. The van der Waals surface area contributed by atoms with Crippen LogP contribution in [0, 0.1) is 11.3 Å². The lowest BCUT2D eigenvalue weighted by molar-refractivity contribution is 0.589. The molecule has 2 heteroatoms. The summed E-state index contributed by atoms with van der Waals surface area (Å²) in [6.45, 7) is 6.40. The second-order valence-electron chi connectivity index (χ2n) is 5.05. The molecule has 18 heavy (non-hydrogen) atoms. The molecule has 2 rings (SSSR count). The van der Waals surface area contributed by atoms with Crippen molar-refractivity contribution in [3.05, 3.63) is 35.1 Å². The number of fused-ring (bicyclic) bond motifs is 1. The van der Waals surface area contributed by atoms with Gasteiger partial charge < -0.3 is 4.42 Å². The van der Waals surface area contributed by atoms with E-state index in [9.17, 15) is 0 Å². The molecule has 94 valence electrons. The fourth-order valence-corrected chi connectivity index (χ4v) is 2.36. The van der Waals surface area contributed by atoms with E-state index in [0.29, 0.717) is 11.7 Å². The first kappa shape index (κ1) is 12.7. The first-order chi connectivity index (χ1) is 8.67. The van der Waals surface area contributed by atoms with Gasteiger partial charge in [-0.3, -0.25) is 0 Å². The largest absolute Gasteiger partial charge is 0.445 e. The van der Waals surface area contributed by atoms with Gasteiger partial charge in [-0.1, -0.05) is 33.3 Å². The minimum Gasteiger partial charge on any atom is -0.445 e. The third-order valence-corrected chi connectivity index (χ3v) is 3.29. The van der Waals surface area contributed by atoms with Gasteiger partial charge in [-0.05, 0) is 36.5 Å². The summed E-state index contributed by atoms with van der Waals surface area (Å²) in [7, 11) is 0. The van der Waals surface area contributed by atoms with Crippen LogP contribution in [0.25, 0.3) is 11.0 Å². The molecule has 0 bridgehead atoms. The molecule has 1 aromatic carbocycles. The summed E-state index contributed by atoms with van der Waals surface area (Å²) in [4.78, 5) is 0. The number of rotatable bonds is 4. The van der Waals surface area contributed by atoms with E-state index in [1.807, 2.05) is 6.07 Å². The van der Waals surface area contributed by atoms with E-state index in [1.165, 1.54) is 18.4 Å². The second kappa shape index (κ2) is 5.27. The van der Waals surface area contributed by atoms with Crippen LogP contribution in [0.4, 0.5) is 0 Å². The first-order valence-electron chi connectivity index (χ1n) is 6.62. The van der Waals surface area contributed by atoms with Gasteiger partial charge in [0.1, 0.15) is 11.7 Å². The van der Waals surface area contributed by atoms with Gasteiger partial charge in [0.2, 0.25) is 5.76 Å². The van der Waals surface area contributed by atoms with Crippen molar-refractivity contribution >= 4 is 11.0 Å². The molecule has 0 spiro atoms. The van der Waals surface area contributed by atoms with Crippen LogP contribution < -0.4 is 0 Å². The van der Waals surface area contributed by atoms with Crippen LogP contribution in [-0.4, -0.2) is 0 Å². The molecule has 1 aromatic heterocycles. The van der Waals surface area contributed by atoms with Crippen LogP contribution in [0.5, 0.6) is 0 Å². The van der Waals surface area contributed by atoms with Gasteiger partial charge in [-0.2, -0.15) is 5.26 Å². The van der Waals surface area contributed by atoms with Crippen molar-refractivity contribution in [1.29, 1.82) is 5.26 Å². The van der Waals surface area contributed by atoms with Gasteiger partial charge in [0.05, 0.1) is 0 Å². The molecule has 2 aromatic rings. The van der Waals surface area contributed by atoms with E-state index in [-0.39, 0.29) is 0 Å². The minimum absolute atomic E-state index is 0.308. The second-order valence-corrected chi connectivity index (χ2v) is 5.05. The third-order valence-electron chi connectivity index (χ3n) is 3.29. The molecule has 0 saturated heterocycles. The summed E-state index contributed by atoms with van der Waals surface area (Å²) in [5.41, 5.74) is 3.21. The van der Waals surface area contributed by atoms with Gasteiger partial charge >= 0.3 is 0 Å². The summed E-state index contributed by atoms with van der Waals surface area (Å²) in [6.07, 6.45) is 3.49. The van der Waals surface area contributed by atoms with Crippen molar-refractivity contribution < 1.29 is 4.42 Å². The van der Waals surface area contributed by atoms with E-state index in [2.05, 4.69) is 39.0 Å². The smallest absolute Gasteiger partial charge is 0.208 e. The zero-order chi connectivity index (χ0) is 13.1. The lowest BCUT2D eigenvalue weighted by Gasteiger charge is -2.04. The molecule has 0 N–H and O–H groups in total. The monoisotopic (exact) mass is 241 g/mol. The molecule has 0 aliphatic carbocycles. The van der Waals surface area contributed by atoms with Crippen LogP contribution >= 0.6 is 0 Å². The number of nitriles is 1. The summed E-state index contributed by atoms with van der Waals surface area (Å²) in [5.74, 6) is 0.773. The number of benzene rings is 1. The molecule has 0 saturated carbocycles. The Bertz CT molecular complexity index is 587. The molecule has 1 heterocycles. The summed E-state index contributed by atoms with van der Waals surface area (Å²) in [5, 5.41) is 10.2. The van der Waals surface area contributed by atoms with Crippen molar-refractivity contribution in [3.63, 3.8) is 0 Å². The third kappa shape index (κ3) is 2.26. The standard InChI is InChI=1S/C16H19NO/c1-4-5-6-12-7-8-14-13(9-12)16(11(2)3)15(10-17)18-14/h7-9,11H,4-6H2,1-3H3. The molecule has 0 amide bonds. The molecular formula is C16H19NO. The molecule has 0 unspecified atom stereocenters. The highest BCUT2D eigenvalue weighted by Crippen LogP contribution is 2.32.